The third-order valence-corrected chi connectivity index (χ3v) is 1.85. The van der Waals surface area contributed by atoms with Gasteiger partial charge in [0.2, 0.25) is 0 Å². The van der Waals surface area contributed by atoms with Gasteiger partial charge in [-0.05, 0) is 0 Å². The molecule has 1 aromatic rings. The largest absolute Gasteiger partial charge is 0.349 e. The molecule has 0 amide bonds. The van der Waals surface area contributed by atoms with Crippen molar-refractivity contribution in [2.45, 2.75) is 12.8 Å². The van der Waals surface area contributed by atoms with Gasteiger partial charge in [0.25, 0.3) is 0 Å². The van der Waals surface area contributed by atoms with E-state index < -0.39 is 0 Å². The molecule has 1 fully saturated rings. The van der Waals surface area contributed by atoms with Gasteiger partial charge in [-0.3, -0.25) is 0 Å². The minimum Gasteiger partial charge on any atom is -0.349 e. The molecule has 5 heteroatoms. The number of hydrogen-bond donors (Lipinski definition) is 2. The van der Waals surface area contributed by atoms with E-state index in [0.717, 1.165) is 12.4 Å². The van der Waals surface area contributed by atoms with Crippen LogP contribution in [0.4, 0.5) is 0 Å². The van der Waals surface area contributed by atoms with E-state index in [-0.39, 0.29) is 6.29 Å². The summed E-state index contributed by atoms with van der Waals surface area (Å²) in [6, 6.07) is 0. The standard InChI is InChI=1S/C8H13N3O2/c1-2-11-7(10-1)5-9-6-8-12-3-4-13-8/h1-2,8-9H,3-6H2,(H,10,11). The molecule has 0 unspecified atom stereocenters. The van der Waals surface area contributed by atoms with Gasteiger partial charge in [0.05, 0.1) is 19.8 Å². The van der Waals surface area contributed by atoms with Gasteiger partial charge in [-0.15, -0.1) is 0 Å². The molecular formula is C8H13N3O2. The van der Waals surface area contributed by atoms with Crippen LogP contribution in [-0.4, -0.2) is 36.0 Å². The molecule has 0 atom stereocenters. The topological polar surface area (TPSA) is 59.2 Å². The summed E-state index contributed by atoms with van der Waals surface area (Å²) in [5.74, 6) is 0.929. The van der Waals surface area contributed by atoms with Gasteiger partial charge in [0.1, 0.15) is 5.82 Å². The molecule has 2 heterocycles. The smallest absolute Gasteiger partial charge is 0.170 e. The number of aromatic amines is 1. The first-order valence-corrected chi connectivity index (χ1v) is 4.37. The second kappa shape index (κ2) is 4.36. The Bertz CT molecular complexity index is 232. The van der Waals surface area contributed by atoms with E-state index in [0.29, 0.717) is 19.8 Å². The van der Waals surface area contributed by atoms with E-state index in [2.05, 4.69) is 15.3 Å². The highest BCUT2D eigenvalue weighted by atomic mass is 16.7. The van der Waals surface area contributed by atoms with Crippen LogP contribution in [0.25, 0.3) is 0 Å². The molecular weight excluding hydrogens is 170 g/mol. The Balaban J connectivity index is 1.63. The zero-order valence-corrected chi connectivity index (χ0v) is 7.32. The fourth-order valence-corrected chi connectivity index (χ4v) is 1.23. The molecule has 0 aromatic carbocycles. The molecule has 0 saturated carbocycles. The molecule has 72 valence electrons. The van der Waals surface area contributed by atoms with E-state index in [9.17, 15) is 0 Å². The average Bonchev–Trinajstić information content (AvgIpc) is 2.75. The SMILES string of the molecule is c1c[nH]c(CNCC2OCCO2)n1. The van der Waals surface area contributed by atoms with Crippen LogP contribution in [0.2, 0.25) is 0 Å². The highest BCUT2D eigenvalue weighted by molar-refractivity contribution is 4.85. The van der Waals surface area contributed by atoms with Crippen molar-refractivity contribution in [3.05, 3.63) is 18.2 Å². The Hall–Kier alpha value is -0.910. The van der Waals surface area contributed by atoms with Crippen LogP contribution in [0, 0.1) is 0 Å². The lowest BCUT2D eigenvalue weighted by Crippen LogP contribution is -2.27. The number of ether oxygens (including phenoxy) is 2. The van der Waals surface area contributed by atoms with Crippen molar-refractivity contribution in [3.63, 3.8) is 0 Å². The summed E-state index contributed by atoms with van der Waals surface area (Å²) in [6.45, 7) is 2.83. The third kappa shape index (κ3) is 2.51. The minimum atomic E-state index is -0.0880. The summed E-state index contributed by atoms with van der Waals surface area (Å²) < 4.78 is 10.5. The maximum absolute atomic E-state index is 5.26. The molecule has 0 radical (unpaired) electrons. The summed E-state index contributed by atoms with van der Waals surface area (Å²) in [6.07, 6.45) is 3.45. The van der Waals surface area contributed by atoms with Crippen molar-refractivity contribution < 1.29 is 9.47 Å². The Morgan fingerprint density at radius 3 is 3.08 bits per heavy atom. The maximum Gasteiger partial charge on any atom is 0.170 e. The lowest BCUT2D eigenvalue weighted by Gasteiger charge is -2.08. The first-order valence-electron chi connectivity index (χ1n) is 4.37. The third-order valence-electron chi connectivity index (χ3n) is 1.85. The number of H-pyrrole nitrogens is 1. The Labute approximate surface area is 76.5 Å². The lowest BCUT2D eigenvalue weighted by molar-refractivity contribution is -0.0392. The van der Waals surface area contributed by atoms with Crippen LogP contribution in [0.15, 0.2) is 12.4 Å². The zero-order valence-electron chi connectivity index (χ0n) is 7.32. The molecule has 0 bridgehead atoms. The van der Waals surface area contributed by atoms with E-state index in [1.807, 2.05) is 0 Å². The van der Waals surface area contributed by atoms with E-state index in [1.165, 1.54) is 0 Å². The number of nitrogens with one attached hydrogen (secondary N) is 2. The van der Waals surface area contributed by atoms with E-state index >= 15 is 0 Å². The summed E-state index contributed by atoms with van der Waals surface area (Å²) in [5.41, 5.74) is 0. The Kier molecular flexibility index (Phi) is 2.91. The molecule has 0 spiro atoms. The summed E-state index contributed by atoms with van der Waals surface area (Å²) in [4.78, 5) is 7.09. The zero-order chi connectivity index (χ0) is 8.93. The van der Waals surface area contributed by atoms with Crippen molar-refractivity contribution in [2.24, 2.45) is 0 Å². The predicted molar refractivity (Wildman–Crippen MR) is 46.0 cm³/mol. The van der Waals surface area contributed by atoms with Crippen LogP contribution in [0.1, 0.15) is 5.82 Å². The second-order valence-corrected chi connectivity index (χ2v) is 2.84. The maximum atomic E-state index is 5.26. The number of aromatic nitrogens is 2. The van der Waals surface area contributed by atoms with Crippen molar-refractivity contribution in [1.29, 1.82) is 0 Å². The fraction of sp³-hybridized carbons (Fsp3) is 0.625. The molecule has 2 rings (SSSR count). The Morgan fingerprint density at radius 1 is 1.54 bits per heavy atom. The molecule has 13 heavy (non-hydrogen) atoms. The summed E-state index contributed by atoms with van der Waals surface area (Å²) in [7, 11) is 0. The van der Waals surface area contributed by atoms with Crippen LogP contribution < -0.4 is 5.32 Å². The van der Waals surface area contributed by atoms with Crippen LogP contribution >= 0.6 is 0 Å². The highest BCUT2D eigenvalue weighted by Crippen LogP contribution is 2.01. The van der Waals surface area contributed by atoms with Gasteiger partial charge in [0, 0.05) is 18.9 Å². The second-order valence-electron chi connectivity index (χ2n) is 2.84. The first kappa shape index (κ1) is 8.68. The molecule has 1 aliphatic rings. The van der Waals surface area contributed by atoms with Crippen LogP contribution in [0.5, 0.6) is 0 Å². The number of nitrogens with zero attached hydrogens (tertiary/aromatic N) is 1. The highest BCUT2D eigenvalue weighted by Gasteiger charge is 2.14. The number of hydrogen-bond acceptors (Lipinski definition) is 4. The molecule has 1 aromatic heterocycles. The number of imidazole rings is 1. The van der Waals surface area contributed by atoms with Gasteiger partial charge in [-0.25, -0.2) is 4.98 Å². The average molecular weight is 183 g/mol. The molecule has 2 N–H and O–H groups in total. The van der Waals surface area contributed by atoms with Gasteiger partial charge in [0.15, 0.2) is 6.29 Å². The number of rotatable bonds is 4. The fourth-order valence-electron chi connectivity index (χ4n) is 1.23. The monoisotopic (exact) mass is 183 g/mol. The molecule has 5 nitrogen and oxygen atoms in total. The Morgan fingerprint density at radius 2 is 2.38 bits per heavy atom. The molecule has 1 aliphatic heterocycles. The quantitative estimate of drug-likeness (QED) is 0.682. The van der Waals surface area contributed by atoms with Crippen molar-refractivity contribution in [1.82, 2.24) is 15.3 Å². The summed E-state index contributed by atoms with van der Waals surface area (Å²) >= 11 is 0. The normalized spacial score (nSPS) is 18.2. The predicted octanol–water partition coefficient (Wildman–Crippen LogP) is -0.128. The van der Waals surface area contributed by atoms with Gasteiger partial charge >= 0.3 is 0 Å². The summed E-state index contributed by atoms with van der Waals surface area (Å²) in [5, 5.41) is 3.19. The van der Waals surface area contributed by atoms with E-state index in [4.69, 9.17) is 9.47 Å². The van der Waals surface area contributed by atoms with Crippen molar-refractivity contribution >= 4 is 0 Å². The first-order chi connectivity index (χ1) is 6.45. The van der Waals surface area contributed by atoms with Gasteiger partial charge < -0.3 is 19.8 Å². The van der Waals surface area contributed by atoms with Crippen molar-refractivity contribution in [3.8, 4) is 0 Å². The van der Waals surface area contributed by atoms with Gasteiger partial charge in [-0.2, -0.15) is 0 Å². The molecule has 1 saturated heterocycles. The molecule has 0 aliphatic carbocycles. The van der Waals surface area contributed by atoms with Crippen molar-refractivity contribution in [2.75, 3.05) is 19.8 Å². The van der Waals surface area contributed by atoms with Gasteiger partial charge in [-0.1, -0.05) is 0 Å². The van der Waals surface area contributed by atoms with E-state index in [1.54, 1.807) is 12.4 Å². The minimum absolute atomic E-state index is 0.0880. The van der Waals surface area contributed by atoms with Crippen LogP contribution in [0.3, 0.4) is 0 Å². The van der Waals surface area contributed by atoms with Crippen LogP contribution in [-0.2, 0) is 16.0 Å². The lowest BCUT2D eigenvalue weighted by atomic mass is 10.5.